The maximum absolute atomic E-state index is 12.2. The Labute approximate surface area is 139 Å². The smallest absolute Gasteiger partial charge is 0.424 e. The summed E-state index contributed by atoms with van der Waals surface area (Å²) >= 11 is 0. The van der Waals surface area contributed by atoms with Gasteiger partial charge in [0.25, 0.3) is 0 Å². The van der Waals surface area contributed by atoms with Crippen LogP contribution in [0.3, 0.4) is 0 Å². The third-order valence-corrected chi connectivity index (χ3v) is 5.24. The quantitative estimate of drug-likeness (QED) is 0.865. The highest BCUT2D eigenvalue weighted by molar-refractivity contribution is 5.69. The molecule has 0 radical (unpaired) electrons. The molecule has 23 heavy (non-hydrogen) atoms. The summed E-state index contributed by atoms with van der Waals surface area (Å²) in [6, 6.07) is 10.8. The standard InChI is InChI=1S/C19H28N2O2/c1-2-18(16-11-7-4-8-12-16)20-21-17(14-23-19(21)22)13-15-9-5-3-6-10-15/h3,5-6,9-10,16-18,20H,2,4,7-8,11-14H2,1H3/t17-,18+/m0/s1. The van der Waals surface area contributed by atoms with Crippen molar-refractivity contribution in [2.75, 3.05) is 6.61 Å². The first-order chi connectivity index (χ1) is 11.3. The van der Waals surface area contributed by atoms with E-state index in [4.69, 9.17) is 4.74 Å². The van der Waals surface area contributed by atoms with Gasteiger partial charge in [-0.05, 0) is 37.2 Å². The van der Waals surface area contributed by atoms with Crippen molar-refractivity contribution in [3.05, 3.63) is 35.9 Å². The molecule has 1 aromatic carbocycles. The lowest BCUT2D eigenvalue weighted by atomic mass is 9.83. The van der Waals surface area contributed by atoms with Crippen LogP contribution >= 0.6 is 0 Å². The zero-order chi connectivity index (χ0) is 16.1. The van der Waals surface area contributed by atoms with Gasteiger partial charge in [-0.1, -0.05) is 56.5 Å². The van der Waals surface area contributed by atoms with Crippen LogP contribution in [-0.4, -0.2) is 29.8 Å². The Bertz CT molecular complexity index is 499. The lowest BCUT2D eigenvalue weighted by Gasteiger charge is -2.34. The second kappa shape index (κ2) is 7.82. The van der Waals surface area contributed by atoms with E-state index in [0.29, 0.717) is 18.6 Å². The van der Waals surface area contributed by atoms with Gasteiger partial charge < -0.3 is 4.74 Å². The van der Waals surface area contributed by atoms with Gasteiger partial charge in [-0.2, -0.15) is 0 Å². The van der Waals surface area contributed by atoms with Gasteiger partial charge in [0.1, 0.15) is 6.61 Å². The lowest BCUT2D eigenvalue weighted by molar-refractivity contribution is 0.110. The van der Waals surface area contributed by atoms with Crippen LogP contribution in [0.25, 0.3) is 0 Å². The van der Waals surface area contributed by atoms with E-state index in [1.807, 2.05) is 18.2 Å². The van der Waals surface area contributed by atoms with E-state index in [-0.39, 0.29) is 12.1 Å². The van der Waals surface area contributed by atoms with Crippen LogP contribution in [0, 0.1) is 5.92 Å². The van der Waals surface area contributed by atoms with Gasteiger partial charge in [-0.3, -0.25) is 0 Å². The summed E-state index contributed by atoms with van der Waals surface area (Å²) in [5.41, 5.74) is 4.76. The summed E-state index contributed by atoms with van der Waals surface area (Å²) in [6.07, 6.45) is 8.21. The van der Waals surface area contributed by atoms with Crippen LogP contribution < -0.4 is 5.43 Å². The predicted molar refractivity (Wildman–Crippen MR) is 90.9 cm³/mol. The predicted octanol–water partition coefficient (Wildman–Crippen LogP) is 3.91. The maximum Gasteiger partial charge on any atom is 0.424 e. The molecule has 1 heterocycles. The average molecular weight is 316 g/mol. The Morgan fingerprint density at radius 3 is 2.65 bits per heavy atom. The van der Waals surface area contributed by atoms with Crippen molar-refractivity contribution in [2.45, 2.75) is 64.0 Å². The van der Waals surface area contributed by atoms with E-state index in [0.717, 1.165) is 12.8 Å². The first-order valence-electron chi connectivity index (χ1n) is 9.04. The van der Waals surface area contributed by atoms with E-state index in [1.54, 1.807) is 5.01 Å². The number of cyclic esters (lactones) is 1. The fraction of sp³-hybridized carbons (Fsp3) is 0.632. The van der Waals surface area contributed by atoms with E-state index in [2.05, 4.69) is 24.5 Å². The topological polar surface area (TPSA) is 41.6 Å². The van der Waals surface area contributed by atoms with Gasteiger partial charge in [0.2, 0.25) is 0 Å². The Morgan fingerprint density at radius 1 is 1.22 bits per heavy atom. The third kappa shape index (κ3) is 4.05. The normalized spacial score (nSPS) is 23.8. The third-order valence-electron chi connectivity index (χ3n) is 5.24. The molecule has 0 spiro atoms. The molecule has 4 nitrogen and oxygen atoms in total. The zero-order valence-corrected chi connectivity index (χ0v) is 14.0. The molecule has 1 N–H and O–H groups in total. The molecule has 2 aliphatic rings. The molecule has 126 valence electrons. The van der Waals surface area contributed by atoms with Crippen molar-refractivity contribution in [1.29, 1.82) is 0 Å². The molecule has 1 saturated heterocycles. The van der Waals surface area contributed by atoms with E-state index in [1.165, 1.54) is 37.7 Å². The summed E-state index contributed by atoms with van der Waals surface area (Å²) < 4.78 is 5.31. The number of hydrazine groups is 1. The maximum atomic E-state index is 12.2. The zero-order valence-electron chi connectivity index (χ0n) is 14.0. The van der Waals surface area contributed by atoms with Crippen molar-refractivity contribution >= 4 is 6.09 Å². The highest BCUT2D eigenvalue weighted by Crippen LogP contribution is 2.28. The van der Waals surface area contributed by atoms with Crippen LogP contribution in [0.2, 0.25) is 0 Å². The minimum atomic E-state index is -0.222. The average Bonchev–Trinajstić information content (AvgIpc) is 2.94. The highest BCUT2D eigenvalue weighted by atomic mass is 16.6. The number of carbonyl (C=O) groups excluding carboxylic acids is 1. The highest BCUT2D eigenvalue weighted by Gasteiger charge is 2.36. The second-order valence-electron chi connectivity index (χ2n) is 6.83. The molecular formula is C19H28N2O2. The summed E-state index contributed by atoms with van der Waals surface area (Å²) in [4.78, 5) is 12.2. The van der Waals surface area contributed by atoms with E-state index >= 15 is 0 Å². The first-order valence-corrected chi connectivity index (χ1v) is 9.04. The molecule has 2 atom stereocenters. The summed E-state index contributed by atoms with van der Waals surface area (Å²) in [5, 5.41) is 1.76. The van der Waals surface area contributed by atoms with Gasteiger partial charge in [-0.25, -0.2) is 15.2 Å². The van der Waals surface area contributed by atoms with Crippen molar-refractivity contribution in [2.24, 2.45) is 5.92 Å². The minimum Gasteiger partial charge on any atom is -0.446 e. The van der Waals surface area contributed by atoms with Gasteiger partial charge in [0.05, 0.1) is 6.04 Å². The minimum absolute atomic E-state index is 0.0857. The monoisotopic (exact) mass is 316 g/mol. The Balaban J connectivity index is 1.64. The SMILES string of the molecule is CC[C@@H](NN1C(=O)OC[C@@H]1Cc1ccccc1)C1CCCCC1. The molecule has 0 unspecified atom stereocenters. The van der Waals surface area contributed by atoms with Gasteiger partial charge >= 0.3 is 6.09 Å². The number of nitrogens with zero attached hydrogens (tertiary/aromatic N) is 1. The Morgan fingerprint density at radius 2 is 1.96 bits per heavy atom. The largest absolute Gasteiger partial charge is 0.446 e. The summed E-state index contributed by atoms with van der Waals surface area (Å²) in [7, 11) is 0. The summed E-state index contributed by atoms with van der Waals surface area (Å²) in [5.74, 6) is 0.680. The van der Waals surface area contributed by atoms with Crippen molar-refractivity contribution in [1.82, 2.24) is 10.4 Å². The first kappa shape index (κ1) is 16.3. The van der Waals surface area contributed by atoms with Crippen LogP contribution in [0.15, 0.2) is 30.3 Å². The molecule has 1 amide bonds. The molecule has 1 aliphatic heterocycles. The number of carbonyl (C=O) groups is 1. The number of nitrogens with one attached hydrogen (secondary N) is 1. The fourth-order valence-electron chi connectivity index (χ4n) is 3.90. The fourth-order valence-corrected chi connectivity index (χ4v) is 3.90. The molecule has 3 rings (SSSR count). The Kier molecular flexibility index (Phi) is 5.55. The molecular weight excluding hydrogens is 288 g/mol. The number of hydrogen-bond acceptors (Lipinski definition) is 3. The van der Waals surface area contributed by atoms with E-state index in [9.17, 15) is 4.79 Å². The second-order valence-corrected chi connectivity index (χ2v) is 6.83. The number of hydrogen-bond donors (Lipinski definition) is 1. The van der Waals surface area contributed by atoms with Crippen LogP contribution in [-0.2, 0) is 11.2 Å². The number of rotatable bonds is 6. The molecule has 1 aromatic rings. The molecule has 1 aliphatic carbocycles. The molecule has 4 heteroatoms. The van der Waals surface area contributed by atoms with Crippen LogP contribution in [0.4, 0.5) is 4.79 Å². The molecule has 2 fully saturated rings. The number of benzene rings is 1. The van der Waals surface area contributed by atoms with Gasteiger partial charge in [-0.15, -0.1) is 0 Å². The van der Waals surface area contributed by atoms with Crippen LogP contribution in [0.1, 0.15) is 51.0 Å². The molecule has 0 bridgehead atoms. The van der Waals surface area contributed by atoms with Crippen LogP contribution in [0.5, 0.6) is 0 Å². The van der Waals surface area contributed by atoms with Crippen molar-refractivity contribution in [3.8, 4) is 0 Å². The summed E-state index contributed by atoms with van der Waals surface area (Å²) in [6.45, 7) is 2.68. The van der Waals surface area contributed by atoms with Crippen molar-refractivity contribution in [3.63, 3.8) is 0 Å². The number of ether oxygens (including phenoxy) is 1. The lowest BCUT2D eigenvalue weighted by Crippen LogP contribution is -2.52. The van der Waals surface area contributed by atoms with E-state index < -0.39 is 0 Å². The molecule has 1 saturated carbocycles. The van der Waals surface area contributed by atoms with Gasteiger partial charge in [0.15, 0.2) is 0 Å². The van der Waals surface area contributed by atoms with Gasteiger partial charge in [0, 0.05) is 6.04 Å². The Hall–Kier alpha value is -1.55. The van der Waals surface area contributed by atoms with Crippen molar-refractivity contribution < 1.29 is 9.53 Å². The number of amides is 1. The molecule has 0 aromatic heterocycles.